The molecule has 0 aliphatic heterocycles. The lowest BCUT2D eigenvalue weighted by Crippen LogP contribution is -2.32. The first-order valence-electron chi connectivity index (χ1n) is 3.70. The van der Waals surface area contributed by atoms with Crippen LogP contribution in [0, 0.1) is 0 Å². The molecule has 0 aliphatic carbocycles. The van der Waals surface area contributed by atoms with Gasteiger partial charge in [-0.1, -0.05) is 18.2 Å². The summed E-state index contributed by atoms with van der Waals surface area (Å²) < 4.78 is 0.723. The van der Waals surface area contributed by atoms with Crippen LogP contribution >= 0.6 is 0 Å². The summed E-state index contributed by atoms with van der Waals surface area (Å²) in [5.41, 5.74) is 1.25. The Morgan fingerprint density at radius 1 is 1.18 bits per heavy atom. The summed E-state index contributed by atoms with van der Waals surface area (Å²) >= 11 is 0. The molecular weight excluding hydrogens is 134 g/mol. The van der Waals surface area contributed by atoms with Gasteiger partial charge in [0.25, 0.3) is 0 Å². The summed E-state index contributed by atoms with van der Waals surface area (Å²) in [5.74, 6) is 0. The summed E-state index contributed by atoms with van der Waals surface area (Å²) in [6, 6.07) is 10.3. The molecule has 0 unspecified atom stereocenters. The van der Waals surface area contributed by atoms with Crippen LogP contribution < -0.4 is 4.48 Å². The van der Waals surface area contributed by atoms with E-state index >= 15 is 0 Å². The van der Waals surface area contributed by atoms with Gasteiger partial charge in [0.15, 0.2) is 0 Å². The van der Waals surface area contributed by atoms with E-state index in [4.69, 9.17) is 0 Å². The predicted octanol–water partition coefficient (Wildman–Crippen LogP) is 2.40. The number of quaternary nitrogens is 1. The third-order valence-corrected chi connectivity index (χ3v) is 1.88. The maximum Gasteiger partial charge on any atom is 0.136 e. The Morgan fingerprint density at radius 2 is 1.73 bits per heavy atom. The smallest absolute Gasteiger partial charge is 0.136 e. The van der Waals surface area contributed by atoms with Crippen LogP contribution in [-0.2, 0) is 0 Å². The van der Waals surface area contributed by atoms with Crippen LogP contribution in [0.3, 0.4) is 0 Å². The zero-order valence-corrected chi connectivity index (χ0v) is 7.12. The minimum absolute atomic E-state index is 0.723. The van der Waals surface area contributed by atoms with Gasteiger partial charge >= 0.3 is 0 Å². The van der Waals surface area contributed by atoms with Gasteiger partial charge in [0.05, 0.1) is 20.3 Å². The Labute approximate surface area is 68.2 Å². The molecule has 11 heavy (non-hydrogen) atoms. The second-order valence-corrected chi connectivity index (χ2v) is 3.06. The summed E-state index contributed by atoms with van der Waals surface area (Å²) in [7, 11) is 4.20. The van der Waals surface area contributed by atoms with Gasteiger partial charge in [-0.2, -0.15) is 0 Å². The quantitative estimate of drug-likeness (QED) is 0.565. The van der Waals surface area contributed by atoms with Crippen molar-refractivity contribution in [1.82, 2.24) is 4.48 Å². The molecule has 0 heterocycles. The van der Waals surface area contributed by atoms with E-state index in [2.05, 4.69) is 32.8 Å². The minimum atomic E-state index is 0.723. The Hall–Kier alpha value is -1.08. The molecule has 0 radical (unpaired) electrons. The number of hydrogen-bond donors (Lipinski definition) is 0. The molecule has 0 atom stereocenters. The highest BCUT2D eigenvalue weighted by Crippen LogP contribution is 2.17. The van der Waals surface area contributed by atoms with E-state index in [0.717, 1.165) is 4.48 Å². The summed E-state index contributed by atoms with van der Waals surface area (Å²) in [6.45, 7) is 3.78. The van der Waals surface area contributed by atoms with Crippen LogP contribution in [0.25, 0.3) is 0 Å². The maximum absolute atomic E-state index is 3.78. The molecule has 0 aliphatic rings. The predicted molar refractivity (Wildman–Crippen MR) is 50.3 cm³/mol. The Morgan fingerprint density at radius 3 is 2.18 bits per heavy atom. The van der Waals surface area contributed by atoms with Crippen LogP contribution in [0.4, 0.5) is 5.69 Å². The largest absolute Gasteiger partial charge is 0.270 e. The van der Waals surface area contributed by atoms with Crippen LogP contribution in [0.2, 0.25) is 0 Å². The Balaban J connectivity index is 3.02. The number of hydrogen-bond acceptors (Lipinski definition) is 0. The average Bonchev–Trinajstić information content (AvgIpc) is 2.06. The third kappa shape index (κ3) is 1.69. The van der Waals surface area contributed by atoms with E-state index in [9.17, 15) is 0 Å². The molecule has 0 saturated heterocycles. The first kappa shape index (κ1) is 8.02. The molecule has 58 valence electrons. The van der Waals surface area contributed by atoms with Crippen molar-refractivity contribution in [1.29, 1.82) is 0 Å². The zero-order valence-electron chi connectivity index (χ0n) is 7.12. The van der Waals surface area contributed by atoms with Crippen molar-refractivity contribution in [2.75, 3.05) is 14.1 Å². The van der Waals surface area contributed by atoms with Crippen LogP contribution in [0.1, 0.15) is 0 Å². The lowest BCUT2D eigenvalue weighted by Gasteiger charge is -2.23. The van der Waals surface area contributed by atoms with Crippen molar-refractivity contribution < 1.29 is 0 Å². The standard InChI is InChI=1S/C10H14N/c1-4-11(2,3)10-8-6-5-7-9-10/h4-9H,1H2,2-3H3/q+1. The monoisotopic (exact) mass is 148 g/mol. The van der Waals surface area contributed by atoms with Gasteiger partial charge in [0.2, 0.25) is 0 Å². The van der Waals surface area contributed by atoms with Crippen LogP contribution in [0.15, 0.2) is 43.1 Å². The molecule has 1 heteroatoms. The average molecular weight is 148 g/mol. The second kappa shape index (κ2) is 2.89. The fraction of sp³-hybridized carbons (Fsp3) is 0.200. The third-order valence-electron chi connectivity index (χ3n) is 1.88. The van der Waals surface area contributed by atoms with E-state index in [0.29, 0.717) is 0 Å². The first-order chi connectivity index (χ1) is 5.17. The van der Waals surface area contributed by atoms with Gasteiger partial charge in [0.1, 0.15) is 5.69 Å². The number of nitrogens with zero attached hydrogens (tertiary/aromatic N) is 1. The topological polar surface area (TPSA) is 0 Å². The van der Waals surface area contributed by atoms with E-state index in [1.165, 1.54) is 5.69 Å². The van der Waals surface area contributed by atoms with Gasteiger partial charge in [-0.05, 0) is 18.7 Å². The number of rotatable bonds is 2. The normalized spacial score (nSPS) is 11.1. The maximum atomic E-state index is 3.78. The highest BCUT2D eigenvalue weighted by molar-refractivity contribution is 5.42. The first-order valence-corrected chi connectivity index (χ1v) is 3.70. The molecule has 0 saturated carbocycles. The zero-order chi connectivity index (χ0) is 8.32. The number of benzene rings is 1. The van der Waals surface area contributed by atoms with Crippen molar-refractivity contribution in [2.24, 2.45) is 0 Å². The van der Waals surface area contributed by atoms with Gasteiger partial charge in [-0.25, -0.2) is 0 Å². The van der Waals surface area contributed by atoms with Crippen LogP contribution in [0.5, 0.6) is 0 Å². The molecule has 0 fully saturated rings. The van der Waals surface area contributed by atoms with Crippen molar-refractivity contribution in [3.63, 3.8) is 0 Å². The van der Waals surface area contributed by atoms with Crippen molar-refractivity contribution in [3.8, 4) is 0 Å². The number of para-hydroxylation sites is 1. The van der Waals surface area contributed by atoms with Crippen LogP contribution in [-0.4, -0.2) is 14.1 Å². The SMILES string of the molecule is C=C[N+](C)(C)c1ccccc1. The molecule has 0 spiro atoms. The Bertz CT molecular complexity index is 236. The fourth-order valence-electron chi connectivity index (χ4n) is 0.918. The lowest BCUT2D eigenvalue weighted by atomic mass is 10.3. The molecule has 0 bridgehead atoms. The van der Waals surface area contributed by atoms with Gasteiger partial charge < -0.3 is 0 Å². The minimum Gasteiger partial charge on any atom is -0.270 e. The van der Waals surface area contributed by atoms with E-state index in [-0.39, 0.29) is 0 Å². The molecule has 1 aromatic rings. The van der Waals surface area contributed by atoms with Gasteiger partial charge in [-0.3, -0.25) is 4.48 Å². The van der Waals surface area contributed by atoms with E-state index in [1.807, 2.05) is 24.4 Å². The highest BCUT2D eigenvalue weighted by atomic mass is 15.3. The molecular formula is C10H14N+. The Kier molecular flexibility index (Phi) is 2.11. The molecule has 1 rings (SSSR count). The van der Waals surface area contributed by atoms with E-state index in [1.54, 1.807) is 0 Å². The molecule has 0 N–H and O–H groups in total. The van der Waals surface area contributed by atoms with Gasteiger partial charge in [-0.15, -0.1) is 0 Å². The van der Waals surface area contributed by atoms with E-state index < -0.39 is 0 Å². The molecule has 1 nitrogen and oxygen atoms in total. The second-order valence-electron chi connectivity index (χ2n) is 3.06. The lowest BCUT2D eigenvalue weighted by molar-refractivity contribution is 0.541. The molecule has 0 amide bonds. The van der Waals surface area contributed by atoms with Crippen molar-refractivity contribution in [3.05, 3.63) is 43.1 Å². The van der Waals surface area contributed by atoms with Crippen molar-refractivity contribution in [2.45, 2.75) is 0 Å². The molecule has 0 aromatic heterocycles. The van der Waals surface area contributed by atoms with Gasteiger partial charge in [0, 0.05) is 0 Å². The summed E-state index contributed by atoms with van der Waals surface area (Å²) in [4.78, 5) is 0. The van der Waals surface area contributed by atoms with Crippen molar-refractivity contribution >= 4 is 5.69 Å². The highest BCUT2D eigenvalue weighted by Gasteiger charge is 2.12. The summed E-state index contributed by atoms with van der Waals surface area (Å²) in [6.07, 6.45) is 1.91. The fourth-order valence-corrected chi connectivity index (χ4v) is 0.918. The molecule has 1 aromatic carbocycles. The summed E-state index contributed by atoms with van der Waals surface area (Å²) in [5, 5.41) is 0.